The molecule has 2 aromatic heterocycles. The van der Waals surface area contributed by atoms with Gasteiger partial charge in [-0.3, -0.25) is 4.79 Å². The lowest BCUT2D eigenvalue weighted by Gasteiger charge is -2.16. The molecule has 0 radical (unpaired) electrons. The van der Waals surface area contributed by atoms with Crippen molar-refractivity contribution in [1.82, 2.24) is 15.1 Å². The summed E-state index contributed by atoms with van der Waals surface area (Å²) >= 11 is 0. The van der Waals surface area contributed by atoms with E-state index in [1.54, 1.807) is 13.0 Å². The van der Waals surface area contributed by atoms with Gasteiger partial charge in [-0.25, -0.2) is 9.97 Å². The van der Waals surface area contributed by atoms with Gasteiger partial charge in [-0.2, -0.15) is 0 Å². The van der Waals surface area contributed by atoms with Gasteiger partial charge in [0, 0.05) is 30.7 Å². The predicted octanol–water partition coefficient (Wildman–Crippen LogP) is 2.72. The van der Waals surface area contributed by atoms with Crippen LogP contribution in [0.15, 0.2) is 47.2 Å². The Morgan fingerprint density at radius 3 is 2.79 bits per heavy atom. The second kappa shape index (κ2) is 5.77. The summed E-state index contributed by atoms with van der Waals surface area (Å²) in [5, 5.41) is 6.38. The van der Waals surface area contributed by atoms with E-state index in [0.29, 0.717) is 23.1 Å². The molecule has 0 atom stereocenters. The molecular weight excluding hydrogens is 306 g/mol. The number of aromatic nitrogens is 3. The van der Waals surface area contributed by atoms with Crippen LogP contribution in [0.4, 0.5) is 17.5 Å². The molecule has 0 spiro atoms. The number of benzene rings is 1. The number of hydrogen-bond donors (Lipinski definition) is 1. The molecule has 1 N–H and O–H groups in total. The van der Waals surface area contributed by atoms with Crippen LogP contribution in [0.25, 0.3) is 0 Å². The number of aryl methyl sites for hydroxylation is 1. The van der Waals surface area contributed by atoms with Gasteiger partial charge in [-0.1, -0.05) is 23.4 Å². The van der Waals surface area contributed by atoms with E-state index in [1.807, 2.05) is 12.1 Å². The first-order chi connectivity index (χ1) is 11.7. The van der Waals surface area contributed by atoms with E-state index >= 15 is 0 Å². The molecule has 120 valence electrons. The zero-order chi connectivity index (χ0) is 16.5. The van der Waals surface area contributed by atoms with Crippen molar-refractivity contribution in [3.05, 3.63) is 59.6 Å². The highest BCUT2D eigenvalue weighted by atomic mass is 16.5. The Labute approximate surface area is 138 Å². The molecule has 3 aromatic rings. The largest absolute Gasteiger partial charge is 0.360 e. The summed E-state index contributed by atoms with van der Waals surface area (Å²) in [7, 11) is 0. The summed E-state index contributed by atoms with van der Waals surface area (Å²) in [5.74, 6) is 1.27. The maximum Gasteiger partial charge on any atom is 0.260 e. The van der Waals surface area contributed by atoms with Gasteiger partial charge < -0.3 is 14.7 Å². The normalized spacial score (nSPS) is 13.0. The molecule has 4 rings (SSSR count). The molecule has 7 heteroatoms. The lowest BCUT2D eigenvalue weighted by atomic mass is 10.2. The summed E-state index contributed by atoms with van der Waals surface area (Å²) in [6.45, 7) is 2.59. The maximum absolute atomic E-state index is 12.2. The molecule has 0 fully saturated rings. The topological polar surface area (TPSA) is 84.2 Å². The average Bonchev–Trinajstić information content (AvgIpc) is 3.21. The van der Waals surface area contributed by atoms with E-state index < -0.39 is 0 Å². The third-order valence-electron chi connectivity index (χ3n) is 3.90. The molecular formula is C17H15N5O2. The Hall–Kier alpha value is -3.22. The number of amides is 1. The van der Waals surface area contributed by atoms with Gasteiger partial charge in [0.25, 0.3) is 5.91 Å². The first kappa shape index (κ1) is 14.4. The first-order valence-corrected chi connectivity index (χ1v) is 7.63. The fraction of sp³-hybridized carbons (Fsp3) is 0.176. The smallest absolute Gasteiger partial charge is 0.260 e. The van der Waals surface area contributed by atoms with E-state index in [-0.39, 0.29) is 5.91 Å². The van der Waals surface area contributed by atoms with Crippen molar-refractivity contribution in [2.45, 2.75) is 13.3 Å². The molecule has 0 unspecified atom stereocenters. The Morgan fingerprint density at radius 1 is 1.25 bits per heavy atom. The van der Waals surface area contributed by atoms with Gasteiger partial charge >= 0.3 is 0 Å². The third-order valence-corrected chi connectivity index (χ3v) is 3.90. The summed E-state index contributed by atoms with van der Waals surface area (Å²) < 4.78 is 4.92. The number of rotatable bonds is 3. The number of carbonyl (C=O) groups is 1. The molecule has 24 heavy (non-hydrogen) atoms. The SMILES string of the molecule is Cc1cc(NC(=O)c2cnc(N3CCc4ccccc43)nc2)no1. The summed E-state index contributed by atoms with van der Waals surface area (Å²) in [4.78, 5) is 22.9. The lowest BCUT2D eigenvalue weighted by Crippen LogP contribution is -2.18. The van der Waals surface area contributed by atoms with E-state index in [1.165, 1.54) is 18.0 Å². The molecule has 0 saturated heterocycles. The van der Waals surface area contributed by atoms with Gasteiger partial charge in [0.05, 0.1) is 5.56 Å². The van der Waals surface area contributed by atoms with E-state index in [4.69, 9.17) is 4.52 Å². The fourth-order valence-electron chi connectivity index (χ4n) is 2.74. The summed E-state index contributed by atoms with van der Waals surface area (Å²) in [5.41, 5.74) is 2.77. The number of carbonyl (C=O) groups excluding carboxylic acids is 1. The van der Waals surface area contributed by atoms with Gasteiger partial charge in [-0.05, 0) is 25.0 Å². The molecule has 3 heterocycles. The maximum atomic E-state index is 12.2. The van der Waals surface area contributed by atoms with Crippen LogP contribution in [0.3, 0.4) is 0 Å². The highest BCUT2D eigenvalue weighted by Crippen LogP contribution is 2.31. The zero-order valence-corrected chi connectivity index (χ0v) is 13.1. The van der Waals surface area contributed by atoms with E-state index in [2.05, 4.69) is 37.5 Å². The molecule has 0 bridgehead atoms. The van der Waals surface area contributed by atoms with Gasteiger partial charge in [-0.15, -0.1) is 0 Å². The highest BCUT2D eigenvalue weighted by molar-refractivity contribution is 6.03. The van der Waals surface area contributed by atoms with Crippen molar-refractivity contribution in [2.24, 2.45) is 0 Å². The van der Waals surface area contributed by atoms with Crippen LogP contribution in [0.2, 0.25) is 0 Å². The van der Waals surface area contributed by atoms with Gasteiger partial charge in [0.1, 0.15) is 5.76 Å². The minimum Gasteiger partial charge on any atom is -0.360 e. The van der Waals surface area contributed by atoms with E-state index in [0.717, 1.165) is 18.7 Å². The minimum absolute atomic E-state index is 0.323. The molecule has 1 aromatic carbocycles. The van der Waals surface area contributed by atoms with Crippen LogP contribution in [-0.2, 0) is 6.42 Å². The second-order valence-electron chi connectivity index (χ2n) is 5.58. The minimum atomic E-state index is -0.323. The van der Waals surface area contributed by atoms with Crippen LogP contribution < -0.4 is 10.2 Å². The zero-order valence-electron chi connectivity index (χ0n) is 13.1. The highest BCUT2D eigenvalue weighted by Gasteiger charge is 2.22. The molecule has 1 aliphatic heterocycles. The quantitative estimate of drug-likeness (QED) is 0.798. The lowest BCUT2D eigenvalue weighted by molar-refractivity contribution is 0.102. The van der Waals surface area contributed by atoms with Crippen molar-refractivity contribution in [2.75, 3.05) is 16.8 Å². The first-order valence-electron chi connectivity index (χ1n) is 7.63. The Balaban J connectivity index is 1.52. The number of hydrogen-bond acceptors (Lipinski definition) is 6. The second-order valence-corrected chi connectivity index (χ2v) is 5.58. The molecule has 0 saturated carbocycles. The van der Waals surface area contributed by atoms with Crippen molar-refractivity contribution in [3.63, 3.8) is 0 Å². The Kier molecular flexibility index (Phi) is 3.45. The number of nitrogens with one attached hydrogen (secondary N) is 1. The predicted molar refractivity (Wildman–Crippen MR) is 88.4 cm³/mol. The number of fused-ring (bicyclic) bond motifs is 1. The Morgan fingerprint density at radius 2 is 2.04 bits per heavy atom. The third kappa shape index (κ3) is 2.60. The fourth-order valence-corrected chi connectivity index (χ4v) is 2.74. The van der Waals surface area contributed by atoms with Gasteiger partial charge in [0.15, 0.2) is 5.82 Å². The van der Waals surface area contributed by atoms with Crippen molar-refractivity contribution in [3.8, 4) is 0 Å². The van der Waals surface area contributed by atoms with E-state index in [9.17, 15) is 4.79 Å². The van der Waals surface area contributed by atoms with Crippen molar-refractivity contribution in [1.29, 1.82) is 0 Å². The number of nitrogens with zero attached hydrogens (tertiary/aromatic N) is 4. The van der Waals surface area contributed by atoms with Crippen LogP contribution in [0.5, 0.6) is 0 Å². The monoisotopic (exact) mass is 321 g/mol. The summed E-state index contributed by atoms with van der Waals surface area (Å²) in [6, 6.07) is 9.84. The van der Waals surface area contributed by atoms with Crippen molar-refractivity contribution < 1.29 is 9.32 Å². The van der Waals surface area contributed by atoms with Crippen LogP contribution >= 0.6 is 0 Å². The average molecular weight is 321 g/mol. The molecule has 7 nitrogen and oxygen atoms in total. The van der Waals surface area contributed by atoms with Crippen LogP contribution in [0.1, 0.15) is 21.7 Å². The number of anilines is 3. The van der Waals surface area contributed by atoms with Gasteiger partial charge in [0.2, 0.25) is 5.95 Å². The van der Waals surface area contributed by atoms with Crippen molar-refractivity contribution >= 4 is 23.4 Å². The Bertz CT molecular complexity index is 888. The summed E-state index contributed by atoms with van der Waals surface area (Å²) in [6.07, 6.45) is 4.00. The molecule has 0 aliphatic carbocycles. The molecule has 1 amide bonds. The molecule has 1 aliphatic rings. The number of para-hydroxylation sites is 1. The van der Waals surface area contributed by atoms with Crippen LogP contribution in [-0.4, -0.2) is 27.6 Å². The van der Waals surface area contributed by atoms with Crippen LogP contribution in [0, 0.1) is 6.92 Å². The standard InChI is InChI=1S/C17H15N5O2/c1-11-8-15(21-24-11)20-16(23)13-9-18-17(19-10-13)22-7-6-12-4-2-3-5-14(12)22/h2-5,8-10H,6-7H2,1H3,(H,20,21,23).